The number of ether oxygens (including phenoxy) is 1. The summed E-state index contributed by atoms with van der Waals surface area (Å²) in [5, 5.41) is 2.46. The number of nitrogens with one attached hydrogen (secondary N) is 2. The van der Waals surface area contributed by atoms with Crippen LogP contribution in [0.25, 0.3) is 0 Å². The predicted octanol–water partition coefficient (Wildman–Crippen LogP) is 3.00. The van der Waals surface area contributed by atoms with Gasteiger partial charge in [-0.15, -0.1) is 0 Å². The molecule has 0 spiro atoms. The van der Waals surface area contributed by atoms with E-state index in [1.54, 1.807) is 19.1 Å². The lowest BCUT2D eigenvalue weighted by Crippen LogP contribution is -2.24. The molecule has 0 saturated carbocycles. The molecule has 0 fully saturated rings. The first-order valence-corrected chi connectivity index (χ1v) is 10.6. The predicted molar refractivity (Wildman–Crippen MR) is 109 cm³/mol. The molecule has 3 aromatic rings. The Labute approximate surface area is 178 Å². The first kappa shape index (κ1) is 22.2. The summed E-state index contributed by atoms with van der Waals surface area (Å²) in [5.74, 6) is -1.49. The van der Waals surface area contributed by atoms with Crippen LogP contribution in [0.3, 0.4) is 0 Å². The highest BCUT2D eigenvalue weighted by atomic mass is 32.2. The number of hydrogen-bond acceptors (Lipinski definition) is 6. The average molecular weight is 446 g/mol. The molecule has 3 rings (SSSR count). The molecule has 0 radical (unpaired) electrons. The van der Waals surface area contributed by atoms with Crippen molar-refractivity contribution in [2.24, 2.45) is 0 Å². The van der Waals surface area contributed by atoms with Gasteiger partial charge in [-0.1, -0.05) is 6.07 Å². The van der Waals surface area contributed by atoms with Crippen molar-refractivity contribution in [1.82, 2.24) is 4.72 Å². The van der Waals surface area contributed by atoms with Gasteiger partial charge < -0.3 is 14.5 Å². The summed E-state index contributed by atoms with van der Waals surface area (Å²) in [5.41, 5.74) is 0.832. The number of furan rings is 1. The quantitative estimate of drug-likeness (QED) is 0.514. The standard InChI is InChI=1S/C21H19FN2O6S/c1-14-4-9-18(31(27,28)23-12-17-3-2-10-29-17)11-19(14)21(26)30-13-20(25)24-16-7-5-15(22)6-8-16/h2-11,23H,12-13H2,1H3,(H,24,25). The fourth-order valence-corrected chi connectivity index (χ4v) is 3.61. The number of carbonyl (C=O) groups excluding carboxylic acids is 2. The lowest BCUT2D eigenvalue weighted by molar-refractivity contribution is -0.119. The van der Waals surface area contributed by atoms with E-state index < -0.39 is 34.3 Å². The summed E-state index contributed by atoms with van der Waals surface area (Å²) >= 11 is 0. The highest BCUT2D eigenvalue weighted by Crippen LogP contribution is 2.17. The molecule has 1 heterocycles. The van der Waals surface area contributed by atoms with E-state index in [1.807, 2.05) is 0 Å². The Bertz CT molecular complexity index is 1180. The van der Waals surface area contributed by atoms with Gasteiger partial charge >= 0.3 is 5.97 Å². The zero-order valence-corrected chi connectivity index (χ0v) is 17.2. The van der Waals surface area contributed by atoms with Crippen molar-refractivity contribution < 1.29 is 31.6 Å². The molecule has 0 unspecified atom stereocenters. The monoisotopic (exact) mass is 446 g/mol. The van der Waals surface area contributed by atoms with Gasteiger partial charge in [0, 0.05) is 5.69 Å². The van der Waals surface area contributed by atoms with E-state index in [0.717, 1.165) is 0 Å². The average Bonchev–Trinajstić information content (AvgIpc) is 3.26. The Hall–Kier alpha value is -3.50. The minimum Gasteiger partial charge on any atom is -0.468 e. The fourth-order valence-electron chi connectivity index (χ4n) is 2.59. The molecule has 10 heteroatoms. The van der Waals surface area contributed by atoms with Gasteiger partial charge in [-0.3, -0.25) is 4.79 Å². The number of carbonyl (C=O) groups is 2. The molecule has 0 saturated heterocycles. The molecule has 2 N–H and O–H groups in total. The number of sulfonamides is 1. The second-order valence-electron chi connectivity index (χ2n) is 6.51. The third-order valence-corrected chi connectivity index (χ3v) is 5.62. The number of aryl methyl sites for hydroxylation is 1. The highest BCUT2D eigenvalue weighted by molar-refractivity contribution is 7.89. The summed E-state index contributed by atoms with van der Waals surface area (Å²) in [6.45, 7) is 0.970. The summed E-state index contributed by atoms with van der Waals surface area (Å²) < 4.78 is 50.4. The summed E-state index contributed by atoms with van der Waals surface area (Å²) in [6, 6.07) is 12.3. The van der Waals surface area contributed by atoms with Crippen LogP contribution in [0.1, 0.15) is 21.7 Å². The van der Waals surface area contributed by atoms with Crippen LogP contribution in [0, 0.1) is 12.7 Å². The van der Waals surface area contributed by atoms with Crippen molar-refractivity contribution in [3.05, 3.63) is 83.6 Å². The molecule has 0 bridgehead atoms. The van der Waals surface area contributed by atoms with Crippen molar-refractivity contribution in [3.8, 4) is 0 Å². The fraction of sp³-hybridized carbons (Fsp3) is 0.143. The van der Waals surface area contributed by atoms with E-state index >= 15 is 0 Å². The van der Waals surface area contributed by atoms with Gasteiger partial charge in [0.1, 0.15) is 11.6 Å². The van der Waals surface area contributed by atoms with Crippen LogP contribution in [0.2, 0.25) is 0 Å². The topological polar surface area (TPSA) is 115 Å². The molecule has 8 nitrogen and oxygen atoms in total. The maximum absolute atomic E-state index is 12.9. The number of esters is 1. The summed E-state index contributed by atoms with van der Waals surface area (Å²) in [4.78, 5) is 24.2. The van der Waals surface area contributed by atoms with E-state index in [2.05, 4.69) is 10.0 Å². The largest absolute Gasteiger partial charge is 0.468 e. The zero-order chi connectivity index (χ0) is 22.4. The van der Waals surface area contributed by atoms with Crippen molar-refractivity contribution in [2.75, 3.05) is 11.9 Å². The van der Waals surface area contributed by atoms with E-state index in [0.29, 0.717) is 17.0 Å². The summed E-state index contributed by atoms with van der Waals surface area (Å²) in [6.07, 6.45) is 1.43. The van der Waals surface area contributed by atoms with Gasteiger partial charge in [0.05, 0.1) is 23.3 Å². The van der Waals surface area contributed by atoms with Crippen molar-refractivity contribution in [3.63, 3.8) is 0 Å². The van der Waals surface area contributed by atoms with E-state index in [-0.39, 0.29) is 17.0 Å². The second-order valence-corrected chi connectivity index (χ2v) is 8.28. The molecule has 0 aliphatic carbocycles. The molecule has 1 amide bonds. The Morgan fingerprint density at radius 3 is 2.52 bits per heavy atom. The van der Waals surface area contributed by atoms with Crippen LogP contribution in [0.5, 0.6) is 0 Å². The number of amides is 1. The first-order valence-electron chi connectivity index (χ1n) is 9.10. The Morgan fingerprint density at radius 1 is 1.10 bits per heavy atom. The summed E-state index contributed by atoms with van der Waals surface area (Å²) in [7, 11) is -3.91. The number of hydrogen-bond donors (Lipinski definition) is 2. The lowest BCUT2D eigenvalue weighted by atomic mass is 10.1. The van der Waals surface area contributed by atoms with Gasteiger partial charge in [0.15, 0.2) is 6.61 Å². The molecule has 0 aliphatic rings. The van der Waals surface area contributed by atoms with Crippen LogP contribution < -0.4 is 10.0 Å². The molecular formula is C21H19FN2O6S. The van der Waals surface area contributed by atoms with Gasteiger partial charge in [-0.2, -0.15) is 0 Å². The number of anilines is 1. The third-order valence-electron chi connectivity index (χ3n) is 4.22. The van der Waals surface area contributed by atoms with Gasteiger partial charge in [-0.25, -0.2) is 22.3 Å². The lowest BCUT2D eigenvalue weighted by Gasteiger charge is -2.11. The Kier molecular flexibility index (Phi) is 6.83. The molecule has 0 aliphatic heterocycles. The Morgan fingerprint density at radius 2 is 1.84 bits per heavy atom. The first-order chi connectivity index (χ1) is 14.7. The Balaban J connectivity index is 1.64. The molecule has 2 aromatic carbocycles. The number of rotatable bonds is 8. The van der Waals surface area contributed by atoms with Crippen molar-refractivity contribution >= 4 is 27.6 Å². The van der Waals surface area contributed by atoms with Crippen LogP contribution >= 0.6 is 0 Å². The van der Waals surface area contributed by atoms with Gasteiger partial charge in [0.25, 0.3) is 5.91 Å². The van der Waals surface area contributed by atoms with Crippen molar-refractivity contribution in [1.29, 1.82) is 0 Å². The molecule has 31 heavy (non-hydrogen) atoms. The second kappa shape index (κ2) is 9.54. The minimum atomic E-state index is -3.91. The molecule has 162 valence electrons. The minimum absolute atomic E-state index is 0.00968. The maximum Gasteiger partial charge on any atom is 0.338 e. The molecular weight excluding hydrogens is 427 g/mol. The SMILES string of the molecule is Cc1ccc(S(=O)(=O)NCc2ccco2)cc1C(=O)OCC(=O)Nc1ccc(F)cc1. The van der Waals surface area contributed by atoms with E-state index in [9.17, 15) is 22.4 Å². The van der Waals surface area contributed by atoms with Crippen LogP contribution in [0.15, 0.2) is 70.2 Å². The van der Waals surface area contributed by atoms with Gasteiger partial charge in [0.2, 0.25) is 10.0 Å². The van der Waals surface area contributed by atoms with E-state index in [4.69, 9.17) is 9.15 Å². The highest BCUT2D eigenvalue weighted by Gasteiger charge is 2.20. The molecule has 1 aromatic heterocycles. The van der Waals surface area contributed by atoms with Crippen LogP contribution in [-0.2, 0) is 26.1 Å². The number of benzene rings is 2. The normalized spacial score (nSPS) is 11.2. The van der Waals surface area contributed by atoms with Crippen molar-refractivity contribution in [2.45, 2.75) is 18.4 Å². The smallest absolute Gasteiger partial charge is 0.338 e. The zero-order valence-electron chi connectivity index (χ0n) is 16.4. The van der Waals surface area contributed by atoms with Crippen LogP contribution in [-0.4, -0.2) is 26.9 Å². The maximum atomic E-state index is 12.9. The number of halogens is 1. The molecule has 0 atom stereocenters. The van der Waals surface area contributed by atoms with Gasteiger partial charge in [-0.05, 0) is 61.0 Å². The van der Waals surface area contributed by atoms with Crippen LogP contribution in [0.4, 0.5) is 10.1 Å². The third kappa shape index (κ3) is 6.00. The van der Waals surface area contributed by atoms with E-state index in [1.165, 1.54) is 48.7 Å².